The Morgan fingerprint density at radius 1 is 1.15 bits per heavy atom. The van der Waals surface area contributed by atoms with Crippen LogP contribution in [-0.4, -0.2) is 25.5 Å². The number of benzene rings is 2. The summed E-state index contributed by atoms with van der Waals surface area (Å²) in [6, 6.07) is 16.3. The molecule has 2 N–H and O–H groups in total. The molecular weight excluding hydrogens is 342 g/mol. The second-order valence-corrected chi connectivity index (χ2v) is 6.58. The van der Waals surface area contributed by atoms with Gasteiger partial charge in [0.15, 0.2) is 0 Å². The fourth-order valence-corrected chi connectivity index (χ4v) is 2.88. The third-order valence-electron chi connectivity index (χ3n) is 4.73. The van der Waals surface area contributed by atoms with Crippen molar-refractivity contribution in [3.05, 3.63) is 59.7 Å². The average molecular weight is 363 g/mol. The van der Waals surface area contributed by atoms with E-state index in [0.717, 1.165) is 11.3 Å². The predicted molar refractivity (Wildman–Crippen MR) is 101 cm³/mol. The average Bonchev–Trinajstić information content (AvgIpc) is 3.51. The van der Waals surface area contributed by atoms with Gasteiger partial charge in [0.05, 0.1) is 18.7 Å². The van der Waals surface area contributed by atoms with E-state index in [4.69, 9.17) is 10.00 Å². The fraction of sp³-hybridized carbons (Fsp3) is 0.286. The molecule has 0 aliphatic heterocycles. The molecule has 0 spiro atoms. The topological polar surface area (TPSA) is 91.2 Å². The van der Waals surface area contributed by atoms with Gasteiger partial charge < -0.3 is 15.4 Å². The van der Waals surface area contributed by atoms with E-state index in [0.29, 0.717) is 37.1 Å². The lowest BCUT2D eigenvalue weighted by Gasteiger charge is -2.15. The van der Waals surface area contributed by atoms with Crippen LogP contribution in [-0.2, 0) is 16.0 Å². The highest BCUT2D eigenvalue weighted by Crippen LogP contribution is 2.46. The molecule has 3 rings (SSSR count). The highest BCUT2D eigenvalue weighted by atomic mass is 16.5. The van der Waals surface area contributed by atoms with Crippen LogP contribution in [0.3, 0.4) is 0 Å². The Bertz CT molecular complexity index is 880. The lowest BCUT2D eigenvalue weighted by Crippen LogP contribution is -2.40. The van der Waals surface area contributed by atoms with Crippen molar-refractivity contribution in [3.63, 3.8) is 0 Å². The van der Waals surface area contributed by atoms with E-state index in [1.165, 1.54) is 0 Å². The molecule has 1 fully saturated rings. The van der Waals surface area contributed by atoms with Crippen LogP contribution in [0.4, 0.5) is 5.69 Å². The van der Waals surface area contributed by atoms with Crippen molar-refractivity contribution >= 4 is 17.5 Å². The molecule has 27 heavy (non-hydrogen) atoms. The van der Waals surface area contributed by atoms with Gasteiger partial charge in [-0.25, -0.2) is 0 Å². The number of anilines is 1. The summed E-state index contributed by atoms with van der Waals surface area (Å²) in [7, 11) is 1.62. The molecule has 1 saturated carbocycles. The van der Waals surface area contributed by atoms with Gasteiger partial charge in [-0.2, -0.15) is 5.26 Å². The second-order valence-electron chi connectivity index (χ2n) is 6.58. The summed E-state index contributed by atoms with van der Waals surface area (Å²) >= 11 is 0. The van der Waals surface area contributed by atoms with Gasteiger partial charge in [0.25, 0.3) is 0 Å². The minimum Gasteiger partial charge on any atom is -0.497 e. The number of carbonyl (C=O) groups excluding carboxylic acids is 2. The molecule has 0 unspecified atom stereocenters. The van der Waals surface area contributed by atoms with Crippen LogP contribution in [0.1, 0.15) is 24.0 Å². The largest absolute Gasteiger partial charge is 0.497 e. The smallest absolute Gasteiger partial charge is 0.240 e. The maximum Gasteiger partial charge on any atom is 0.240 e. The van der Waals surface area contributed by atoms with E-state index in [2.05, 4.69) is 10.6 Å². The third kappa shape index (κ3) is 4.26. The Hall–Kier alpha value is -3.33. The highest BCUT2D eigenvalue weighted by Gasteiger charge is 2.56. The molecule has 0 bridgehead atoms. The third-order valence-corrected chi connectivity index (χ3v) is 4.73. The molecule has 0 aromatic heterocycles. The SMILES string of the molecule is COc1ccc(CCNC(=O)C2(C(=O)Nc3cccc(C#N)c3)CC2)cc1. The summed E-state index contributed by atoms with van der Waals surface area (Å²) in [4.78, 5) is 25.1. The summed E-state index contributed by atoms with van der Waals surface area (Å²) in [5.74, 6) is 0.223. The first-order valence-electron chi connectivity index (χ1n) is 8.80. The summed E-state index contributed by atoms with van der Waals surface area (Å²) in [5, 5.41) is 14.6. The second kappa shape index (κ2) is 7.92. The molecule has 2 aromatic rings. The van der Waals surface area contributed by atoms with Crippen LogP contribution in [0.25, 0.3) is 0 Å². The molecule has 1 aliphatic carbocycles. The Labute approximate surface area is 158 Å². The Morgan fingerprint density at radius 2 is 1.89 bits per heavy atom. The number of methoxy groups -OCH3 is 1. The minimum absolute atomic E-state index is 0.245. The molecule has 6 heteroatoms. The molecule has 0 saturated heterocycles. The summed E-state index contributed by atoms with van der Waals surface area (Å²) in [6.07, 6.45) is 1.74. The summed E-state index contributed by atoms with van der Waals surface area (Å²) < 4.78 is 5.12. The molecule has 2 amide bonds. The predicted octanol–water partition coefficient (Wildman–Crippen LogP) is 2.64. The molecule has 1 aliphatic rings. The van der Waals surface area contributed by atoms with Crippen molar-refractivity contribution in [1.29, 1.82) is 5.26 Å². The first-order valence-corrected chi connectivity index (χ1v) is 8.80. The standard InChI is InChI=1S/C21H21N3O3/c1-27-18-7-5-15(6-8-18)9-12-23-19(25)21(10-11-21)20(26)24-17-4-2-3-16(13-17)14-22/h2-8,13H,9-12H2,1H3,(H,23,25)(H,24,26). The van der Waals surface area contributed by atoms with Crippen LogP contribution in [0, 0.1) is 16.7 Å². The van der Waals surface area contributed by atoms with Crippen molar-refractivity contribution in [2.75, 3.05) is 19.0 Å². The van der Waals surface area contributed by atoms with E-state index in [1.807, 2.05) is 30.3 Å². The van der Waals surface area contributed by atoms with Gasteiger partial charge in [-0.05, 0) is 55.2 Å². The normalized spacial score (nSPS) is 13.9. The number of carbonyl (C=O) groups is 2. The zero-order chi connectivity index (χ0) is 19.3. The number of nitrogens with one attached hydrogen (secondary N) is 2. The first kappa shape index (κ1) is 18.5. The van der Waals surface area contributed by atoms with Gasteiger partial charge in [-0.15, -0.1) is 0 Å². The van der Waals surface area contributed by atoms with Gasteiger partial charge in [0.1, 0.15) is 11.2 Å². The number of hydrogen-bond acceptors (Lipinski definition) is 4. The van der Waals surface area contributed by atoms with Crippen molar-refractivity contribution in [2.45, 2.75) is 19.3 Å². The van der Waals surface area contributed by atoms with Gasteiger partial charge >= 0.3 is 0 Å². The number of amides is 2. The Balaban J connectivity index is 1.53. The molecular formula is C21H21N3O3. The van der Waals surface area contributed by atoms with E-state index in [1.54, 1.807) is 31.4 Å². The van der Waals surface area contributed by atoms with Gasteiger partial charge in [-0.1, -0.05) is 18.2 Å². The monoisotopic (exact) mass is 363 g/mol. The molecule has 0 radical (unpaired) electrons. The Kier molecular flexibility index (Phi) is 5.41. The van der Waals surface area contributed by atoms with E-state index >= 15 is 0 Å². The van der Waals surface area contributed by atoms with Crippen LogP contribution >= 0.6 is 0 Å². The van der Waals surface area contributed by atoms with Crippen molar-refractivity contribution in [2.24, 2.45) is 5.41 Å². The summed E-state index contributed by atoms with van der Waals surface area (Å²) in [6.45, 7) is 0.462. The van der Waals surface area contributed by atoms with Crippen LogP contribution in [0.5, 0.6) is 5.75 Å². The number of nitrogens with zero attached hydrogens (tertiary/aromatic N) is 1. The van der Waals surface area contributed by atoms with Crippen LogP contribution in [0.15, 0.2) is 48.5 Å². The minimum atomic E-state index is -0.997. The maximum atomic E-state index is 12.6. The zero-order valence-corrected chi connectivity index (χ0v) is 15.1. The quantitative estimate of drug-likeness (QED) is 0.740. The highest BCUT2D eigenvalue weighted by molar-refractivity contribution is 6.13. The van der Waals surface area contributed by atoms with Gasteiger partial charge in [-0.3, -0.25) is 9.59 Å². The van der Waals surface area contributed by atoms with E-state index in [-0.39, 0.29) is 11.8 Å². The lowest BCUT2D eigenvalue weighted by molar-refractivity contribution is -0.134. The molecule has 2 aromatic carbocycles. The zero-order valence-electron chi connectivity index (χ0n) is 15.1. The van der Waals surface area contributed by atoms with Crippen molar-refractivity contribution < 1.29 is 14.3 Å². The summed E-state index contributed by atoms with van der Waals surface area (Å²) in [5.41, 5.74) is 1.07. The molecule has 138 valence electrons. The molecule has 0 heterocycles. The maximum absolute atomic E-state index is 12.6. The first-order chi connectivity index (χ1) is 13.1. The van der Waals surface area contributed by atoms with E-state index in [9.17, 15) is 9.59 Å². The fourth-order valence-electron chi connectivity index (χ4n) is 2.88. The lowest BCUT2D eigenvalue weighted by atomic mass is 10.0. The van der Waals surface area contributed by atoms with Gasteiger partial charge in [0, 0.05) is 12.2 Å². The number of ether oxygens (including phenoxy) is 1. The van der Waals surface area contributed by atoms with Crippen molar-refractivity contribution in [3.8, 4) is 11.8 Å². The number of rotatable bonds is 7. The Morgan fingerprint density at radius 3 is 2.52 bits per heavy atom. The van der Waals surface area contributed by atoms with Crippen molar-refractivity contribution in [1.82, 2.24) is 5.32 Å². The number of nitriles is 1. The molecule has 0 atom stereocenters. The van der Waals surface area contributed by atoms with Crippen LogP contribution in [0.2, 0.25) is 0 Å². The van der Waals surface area contributed by atoms with Gasteiger partial charge in [0.2, 0.25) is 11.8 Å². The van der Waals surface area contributed by atoms with Crippen LogP contribution < -0.4 is 15.4 Å². The molecule has 6 nitrogen and oxygen atoms in total. The number of hydrogen-bond donors (Lipinski definition) is 2. The van der Waals surface area contributed by atoms with E-state index < -0.39 is 5.41 Å².